The molecule has 11 nitrogen and oxygen atoms in total. The molecule has 10 unspecified atom stereocenters. The minimum Gasteiger partial charge on any atom is -0.306 e. The average Bonchev–Trinajstić information content (AvgIpc) is 0.843. The maximum atomic E-state index is 13.9. The van der Waals surface area contributed by atoms with Gasteiger partial charge in [-0.2, -0.15) is 0 Å². The van der Waals surface area contributed by atoms with Crippen molar-refractivity contribution in [2.75, 3.05) is 14.1 Å². The molecule has 17 aliphatic rings. The van der Waals surface area contributed by atoms with Gasteiger partial charge in [-0.1, -0.05) is 62.5 Å². The van der Waals surface area contributed by atoms with E-state index in [1.807, 2.05) is 71.9 Å². The number of halogens is 5. The molecule has 17 fully saturated rings. The Bertz CT molecular complexity index is 5220. The minimum absolute atomic E-state index is 0.145. The van der Waals surface area contributed by atoms with Crippen LogP contribution in [0.3, 0.4) is 0 Å². The Balaban J connectivity index is 0.0000000966. The fourth-order valence-electron chi connectivity index (χ4n) is 26.5. The molecule has 0 radical (unpaired) electrons. The first-order valence-electron chi connectivity index (χ1n) is 42.7. The molecule has 0 amide bonds. The van der Waals surface area contributed by atoms with E-state index in [1.54, 1.807) is 86.0 Å². The van der Waals surface area contributed by atoms with Crippen LogP contribution in [0, 0.1) is 111 Å². The topological polar surface area (TPSA) is 136 Å². The van der Waals surface area contributed by atoms with Gasteiger partial charge in [0.2, 0.25) is 0 Å². The number of rotatable bonds is 14. The SMILES string of the molecule is CC1(Sc2ncnc3ccc(F)cc23)CCC2CC1C2(C)C.CCC(=O)CC12CC3CC(C1)CC(Sc1ncnc4ccc(F)cc14)(C3)C2.CN(C)C1C2CC3CC1CC(Sc1ncnc4ccc(F)cc14)(C3)C2.Fc1ccc2nccc(SC34CC5CC(CC(C5)C3)C4)c2c1.Fc1ccc2ncnc(SC3CC4CCC3C4)c2c1. The summed E-state index contributed by atoms with van der Waals surface area (Å²) in [5.74, 6) is 9.50. The molecule has 0 saturated heterocycles. The van der Waals surface area contributed by atoms with Gasteiger partial charge in [-0.3, -0.25) is 9.78 Å². The van der Waals surface area contributed by atoms with Crippen LogP contribution in [0.1, 0.15) is 195 Å². The number of ketones is 1. The summed E-state index contributed by atoms with van der Waals surface area (Å²) < 4.78 is 69.4. The highest BCUT2D eigenvalue weighted by Gasteiger charge is 2.62. The van der Waals surface area contributed by atoms with Crippen molar-refractivity contribution < 1.29 is 26.7 Å². The lowest BCUT2D eigenvalue weighted by atomic mass is 9.45. The van der Waals surface area contributed by atoms with E-state index < -0.39 is 0 Å². The van der Waals surface area contributed by atoms with Crippen molar-refractivity contribution in [3.8, 4) is 0 Å². The summed E-state index contributed by atoms with van der Waals surface area (Å²) in [4.78, 5) is 55.4. The number of nitrogens with zero attached hydrogens (tertiary/aromatic N) is 10. The van der Waals surface area contributed by atoms with Crippen LogP contribution in [-0.2, 0) is 4.79 Å². The maximum Gasteiger partial charge on any atom is 0.133 e. The zero-order chi connectivity index (χ0) is 78.9. The number of hydrogen-bond donors (Lipinski definition) is 0. The van der Waals surface area contributed by atoms with Crippen LogP contribution in [0.25, 0.3) is 54.5 Å². The van der Waals surface area contributed by atoms with E-state index in [-0.39, 0.29) is 48.7 Å². The summed E-state index contributed by atoms with van der Waals surface area (Å²) in [6.07, 6.45) is 41.4. The number of pyridine rings is 1. The van der Waals surface area contributed by atoms with Crippen molar-refractivity contribution in [3.05, 3.63) is 158 Å². The van der Waals surface area contributed by atoms with Crippen LogP contribution in [-0.4, -0.2) is 99.9 Å². The monoisotopic (exact) mass is 1640 g/mol. The highest BCUT2D eigenvalue weighted by molar-refractivity contribution is 8.01. The minimum atomic E-state index is -0.241. The number of hydrogen-bond acceptors (Lipinski definition) is 16. The first-order chi connectivity index (χ1) is 55.4. The molecule has 10 atom stereocenters. The Morgan fingerprint density at radius 1 is 0.426 bits per heavy atom. The summed E-state index contributed by atoms with van der Waals surface area (Å²) in [6, 6.07) is 26.9. The van der Waals surface area contributed by atoms with E-state index in [2.05, 4.69) is 90.7 Å². The number of carbonyl (C=O) groups is 1. The molecule has 602 valence electrons. The van der Waals surface area contributed by atoms with Gasteiger partial charge in [-0.15, -0.1) is 23.5 Å². The number of carbonyl (C=O) groups excluding carboxylic acids is 1. The van der Waals surface area contributed by atoms with Crippen molar-refractivity contribution >= 4 is 119 Å². The Morgan fingerprint density at radius 2 is 0.861 bits per heavy atom. The molecule has 10 aromatic rings. The predicted octanol–water partition coefficient (Wildman–Crippen LogP) is 24.5. The fraction of sp³-hybridized carbons (Fsp3) is 0.553. The van der Waals surface area contributed by atoms with Gasteiger partial charge in [0.25, 0.3) is 0 Å². The van der Waals surface area contributed by atoms with Crippen molar-refractivity contribution in [2.24, 2.45) is 81.8 Å². The molecule has 5 aromatic carbocycles. The first-order valence-corrected chi connectivity index (χ1v) is 46.8. The van der Waals surface area contributed by atoms with Crippen LogP contribution >= 0.6 is 58.8 Å². The van der Waals surface area contributed by atoms with Crippen LogP contribution in [0.15, 0.2) is 154 Å². The summed E-state index contributed by atoms with van der Waals surface area (Å²) in [5.41, 5.74) is 4.83. The van der Waals surface area contributed by atoms with Crippen molar-refractivity contribution in [3.63, 3.8) is 0 Å². The summed E-state index contributed by atoms with van der Waals surface area (Å²) in [7, 11) is 4.49. The average molecular weight is 1650 g/mol. The molecule has 0 N–H and O–H groups in total. The normalized spacial score (nSPS) is 34.0. The predicted molar refractivity (Wildman–Crippen MR) is 456 cm³/mol. The second-order valence-electron chi connectivity index (χ2n) is 38.6. The maximum absolute atomic E-state index is 13.9. The van der Waals surface area contributed by atoms with Gasteiger partial charge in [0.1, 0.15) is 80.3 Å². The third kappa shape index (κ3) is 15.8. The Morgan fingerprint density at radius 3 is 1.33 bits per heavy atom. The molecule has 5 aromatic heterocycles. The fourth-order valence-corrected chi connectivity index (χ4v) is 34.9. The molecule has 0 aliphatic heterocycles. The standard InChI is InChI=1S/C22H25FN2OS.C20H24FN3S.C19H20FNS.C18H21FN2S.C15H15FN2S/c1-2-17(26)11-21-7-14-5-15(8-21)10-22(9-14,12-21)27-20-18-6-16(23)3-4-19(18)24-13-25-20;1-24(2)18-13-5-12-6-14(18)10-20(8-12,9-13)25-19-16-7-15(21)3-4-17(16)22-11-23-19;20-15-1-2-17-16(8-15)18(3-4-21-17)22-19-9-12-5-13(10-19)7-14(6-12)11-19;1-17(2)11-6-7-18(3,15(17)8-11)22-16-13-9-12(19)4-5-14(13)20-10-21-16;16-11-3-4-13-12(7-11)15(18-8-17-13)19-14-6-9-1-2-10(14)5-9/h3-4,6,13-15H,2,5,7-12H2,1H3;3-4,7,11-14,18H,5-6,8-10H2,1-2H3;1-4,8,12-14H,5-7,9-11H2;4-5,9-11,15H,6-8H2,1-3H3;3-4,7-10,14H,1-2,5-6H2. The highest BCUT2D eigenvalue weighted by Crippen LogP contribution is 2.70. The Labute approximate surface area is 694 Å². The lowest BCUT2D eigenvalue weighted by Gasteiger charge is -2.64. The van der Waals surface area contributed by atoms with Gasteiger partial charge in [-0.05, 0) is 348 Å². The number of fused-ring (bicyclic) bond motifs is 9. The summed E-state index contributed by atoms with van der Waals surface area (Å²) in [5, 5.41) is 8.78. The van der Waals surface area contributed by atoms with Gasteiger partial charge < -0.3 is 4.90 Å². The molecule has 17 saturated carbocycles. The number of Topliss-reactive ketones (excluding diaryl/α,β-unsaturated/α-hetero) is 1. The van der Waals surface area contributed by atoms with Gasteiger partial charge in [0, 0.05) is 81.1 Å². The quantitative estimate of drug-likeness (QED) is 0.0754. The van der Waals surface area contributed by atoms with E-state index in [0.29, 0.717) is 33.5 Å². The van der Waals surface area contributed by atoms with Crippen molar-refractivity contribution in [1.82, 2.24) is 49.8 Å². The van der Waals surface area contributed by atoms with E-state index >= 15 is 0 Å². The second-order valence-corrected chi connectivity index (χ2v) is 45.8. The summed E-state index contributed by atoms with van der Waals surface area (Å²) in [6.45, 7) is 9.16. The zero-order valence-electron chi connectivity index (χ0n) is 66.9. The highest BCUT2D eigenvalue weighted by atomic mass is 32.2. The third-order valence-electron chi connectivity index (χ3n) is 30.2. The van der Waals surface area contributed by atoms with Crippen LogP contribution in [0.5, 0.6) is 0 Å². The van der Waals surface area contributed by atoms with Crippen molar-refractivity contribution in [1.29, 1.82) is 0 Å². The third-order valence-corrected chi connectivity index (χ3v) is 37.5. The Hall–Kier alpha value is -6.10. The molecule has 27 rings (SSSR count). The van der Waals surface area contributed by atoms with Gasteiger partial charge in [0.15, 0.2) is 0 Å². The lowest BCUT2D eigenvalue weighted by molar-refractivity contribution is -0.125. The first kappa shape index (κ1) is 78.7. The molecule has 21 heteroatoms. The van der Waals surface area contributed by atoms with Crippen LogP contribution in [0.2, 0.25) is 0 Å². The Kier molecular flexibility index (Phi) is 21.3. The number of thioether (sulfide) groups is 5. The molecule has 17 aliphatic carbocycles. The summed E-state index contributed by atoms with van der Waals surface area (Å²) >= 11 is 9.46. The number of benzene rings is 5. The number of aromatic nitrogens is 9. The van der Waals surface area contributed by atoms with Crippen molar-refractivity contribution in [2.45, 2.75) is 250 Å². The smallest absolute Gasteiger partial charge is 0.133 e. The molecule has 16 bridgehead atoms. The van der Waals surface area contributed by atoms with E-state index in [0.717, 1.165) is 159 Å². The van der Waals surface area contributed by atoms with Crippen LogP contribution in [0.4, 0.5) is 22.0 Å². The van der Waals surface area contributed by atoms with Gasteiger partial charge in [-0.25, -0.2) is 61.8 Å². The zero-order valence-corrected chi connectivity index (χ0v) is 71.0. The second kappa shape index (κ2) is 31.2. The molecule has 5 heterocycles. The molecule has 115 heavy (non-hydrogen) atoms. The molecule has 0 spiro atoms. The molecular formula is C94H105F5N10OS5. The molecular weight excluding hydrogens is 1540 g/mol. The lowest BCUT2D eigenvalue weighted by Crippen LogP contribution is -2.59. The van der Waals surface area contributed by atoms with Crippen LogP contribution < -0.4 is 0 Å². The van der Waals surface area contributed by atoms with E-state index in [9.17, 15) is 26.7 Å². The van der Waals surface area contributed by atoms with E-state index in [4.69, 9.17) is 0 Å². The van der Waals surface area contributed by atoms with Gasteiger partial charge in [0.05, 0.1) is 27.6 Å². The van der Waals surface area contributed by atoms with Gasteiger partial charge >= 0.3 is 0 Å². The van der Waals surface area contributed by atoms with E-state index in [1.165, 1.54) is 183 Å². The largest absolute Gasteiger partial charge is 0.306 e.